The second-order valence-electron chi connectivity index (χ2n) is 7.17. The van der Waals surface area contributed by atoms with Crippen molar-refractivity contribution in [2.45, 2.75) is 46.6 Å². The van der Waals surface area contributed by atoms with Crippen LogP contribution in [0.25, 0.3) is 11.4 Å². The summed E-state index contributed by atoms with van der Waals surface area (Å²) < 4.78 is 0. The lowest BCUT2D eigenvalue weighted by molar-refractivity contribution is -0.140. The Morgan fingerprint density at radius 1 is 1.30 bits per heavy atom. The van der Waals surface area contributed by atoms with E-state index in [9.17, 15) is 4.79 Å². The number of amides is 1. The molecule has 0 radical (unpaired) electrons. The average Bonchev–Trinajstić information content (AvgIpc) is 3.14. The van der Waals surface area contributed by atoms with Crippen molar-refractivity contribution in [3.05, 3.63) is 29.8 Å². The van der Waals surface area contributed by atoms with Crippen LogP contribution in [-0.2, 0) is 4.79 Å². The number of rotatable bonds is 2. The summed E-state index contributed by atoms with van der Waals surface area (Å²) in [5.74, 6) is 0.169. The van der Waals surface area contributed by atoms with Crippen molar-refractivity contribution >= 4 is 5.91 Å². The minimum absolute atomic E-state index is 0.00853. The minimum atomic E-state index is -0.382. The summed E-state index contributed by atoms with van der Waals surface area (Å²) in [7, 11) is 0. The molecule has 1 fully saturated rings. The molecule has 1 atom stereocenters. The van der Waals surface area contributed by atoms with Gasteiger partial charge in [0.1, 0.15) is 11.4 Å². The number of hydrogen-bond donors (Lipinski definition) is 1. The Bertz CT molecular complexity index is 716. The highest BCUT2D eigenvalue weighted by Gasteiger charge is 2.36. The maximum absolute atomic E-state index is 12.7. The van der Waals surface area contributed by atoms with Crippen LogP contribution >= 0.6 is 0 Å². The Hall–Kier alpha value is -2.24. The van der Waals surface area contributed by atoms with E-state index in [1.165, 1.54) is 0 Å². The molecule has 23 heavy (non-hydrogen) atoms. The zero-order valence-corrected chi connectivity index (χ0v) is 14.1. The van der Waals surface area contributed by atoms with Crippen LogP contribution in [0.3, 0.4) is 0 Å². The number of aromatic nitrogens is 4. The summed E-state index contributed by atoms with van der Waals surface area (Å²) in [6.45, 7) is 8.61. The Balaban J connectivity index is 1.90. The first-order chi connectivity index (χ1) is 10.9. The van der Waals surface area contributed by atoms with Gasteiger partial charge in [0, 0.05) is 17.7 Å². The number of nitrogens with zero attached hydrogens (tertiary/aromatic N) is 4. The predicted molar refractivity (Wildman–Crippen MR) is 87.5 cm³/mol. The zero-order chi connectivity index (χ0) is 16.6. The highest BCUT2D eigenvalue weighted by molar-refractivity contribution is 5.82. The maximum Gasteiger partial charge on any atom is 0.228 e. The third kappa shape index (κ3) is 3.11. The highest BCUT2D eigenvalue weighted by Crippen LogP contribution is 2.34. The van der Waals surface area contributed by atoms with Gasteiger partial charge in [0.15, 0.2) is 0 Å². The number of carbonyl (C=O) groups excluding carboxylic acids is 1. The van der Waals surface area contributed by atoms with E-state index in [-0.39, 0.29) is 17.4 Å². The number of carbonyl (C=O) groups is 1. The summed E-state index contributed by atoms with van der Waals surface area (Å²) >= 11 is 0. The number of H-pyrrole nitrogens is 1. The number of aromatic amines is 1. The molecule has 0 saturated carbocycles. The quantitative estimate of drug-likeness (QED) is 0.925. The number of nitrogens with one attached hydrogen (secondary N) is 1. The Labute approximate surface area is 136 Å². The lowest BCUT2D eigenvalue weighted by Gasteiger charge is -2.30. The minimum Gasteiger partial charge on any atom is -0.334 e. The molecule has 3 heterocycles. The van der Waals surface area contributed by atoms with Crippen LogP contribution in [0.5, 0.6) is 0 Å². The van der Waals surface area contributed by atoms with Crippen molar-refractivity contribution < 1.29 is 4.79 Å². The molecule has 122 valence electrons. The first-order valence-corrected chi connectivity index (χ1v) is 8.01. The summed E-state index contributed by atoms with van der Waals surface area (Å²) in [6.07, 6.45) is 5.41. The lowest BCUT2D eigenvalue weighted by atomic mass is 9.94. The van der Waals surface area contributed by atoms with E-state index in [2.05, 4.69) is 15.2 Å². The molecule has 0 aliphatic carbocycles. The number of likely N-dealkylation sites (tertiary alicyclic amines) is 1. The molecule has 1 aliphatic heterocycles. The van der Waals surface area contributed by atoms with Gasteiger partial charge in [-0.15, -0.1) is 0 Å². The van der Waals surface area contributed by atoms with Gasteiger partial charge in [-0.3, -0.25) is 14.9 Å². The second kappa shape index (κ2) is 5.76. The number of hydrogen-bond acceptors (Lipinski definition) is 4. The molecule has 1 N–H and O–H groups in total. The topological polar surface area (TPSA) is 74.8 Å². The van der Waals surface area contributed by atoms with Gasteiger partial charge in [0.05, 0.1) is 24.1 Å². The van der Waals surface area contributed by atoms with E-state index in [4.69, 9.17) is 4.98 Å². The van der Waals surface area contributed by atoms with Gasteiger partial charge in [-0.05, 0) is 25.8 Å². The molecule has 1 saturated heterocycles. The van der Waals surface area contributed by atoms with Crippen molar-refractivity contribution in [3.8, 4) is 11.4 Å². The Kier molecular flexibility index (Phi) is 3.92. The second-order valence-corrected chi connectivity index (χ2v) is 7.17. The first kappa shape index (κ1) is 15.6. The van der Waals surface area contributed by atoms with Gasteiger partial charge in [-0.1, -0.05) is 20.8 Å². The fourth-order valence-electron chi connectivity index (χ4n) is 2.96. The van der Waals surface area contributed by atoms with E-state index >= 15 is 0 Å². The SMILES string of the molecule is Cc1cc(-c2cncc([C@@H]3CCCN3C(=O)C(C)(C)C)n2)n[nH]1. The summed E-state index contributed by atoms with van der Waals surface area (Å²) in [6, 6.07) is 1.95. The van der Waals surface area contributed by atoms with E-state index in [1.54, 1.807) is 12.4 Å². The monoisotopic (exact) mass is 313 g/mol. The maximum atomic E-state index is 12.7. The van der Waals surface area contributed by atoms with Crippen molar-refractivity contribution in [3.63, 3.8) is 0 Å². The van der Waals surface area contributed by atoms with E-state index in [1.807, 2.05) is 38.7 Å². The van der Waals surface area contributed by atoms with Crippen molar-refractivity contribution in [1.29, 1.82) is 0 Å². The molecule has 1 aliphatic rings. The van der Waals surface area contributed by atoms with Gasteiger partial charge in [0.2, 0.25) is 5.91 Å². The third-order valence-corrected chi connectivity index (χ3v) is 4.12. The summed E-state index contributed by atoms with van der Waals surface area (Å²) in [5.41, 5.74) is 2.97. The van der Waals surface area contributed by atoms with Crippen LogP contribution in [0.1, 0.15) is 51.0 Å². The van der Waals surface area contributed by atoms with Gasteiger partial charge >= 0.3 is 0 Å². The molecule has 0 spiro atoms. The van der Waals surface area contributed by atoms with Crippen LogP contribution < -0.4 is 0 Å². The first-order valence-electron chi connectivity index (χ1n) is 8.01. The standard InChI is InChI=1S/C17H23N5O/c1-11-8-12(21-20-11)13-9-18-10-14(19-13)15-6-5-7-22(15)16(23)17(2,3)4/h8-10,15H,5-7H2,1-4H3,(H,20,21)/t15-/m0/s1. The van der Waals surface area contributed by atoms with Crippen LogP contribution in [0.15, 0.2) is 18.5 Å². The summed E-state index contributed by atoms with van der Waals surface area (Å²) in [5, 5.41) is 7.16. The van der Waals surface area contributed by atoms with Crippen LogP contribution in [0, 0.1) is 12.3 Å². The van der Waals surface area contributed by atoms with Crippen molar-refractivity contribution in [2.24, 2.45) is 5.41 Å². The fourth-order valence-corrected chi connectivity index (χ4v) is 2.96. The van der Waals surface area contributed by atoms with Gasteiger partial charge < -0.3 is 4.90 Å². The Morgan fingerprint density at radius 2 is 2.09 bits per heavy atom. The average molecular weight is 313 g/mol. The highest BCUT2D eigenvalue weighted by atomic mass is 16.2. The van der Waals surface area contributed by atoms with Gasteiger partial charge in [-0.2, -0.15) is 5.10 Å². The molecular weight excluding hydrogens is 290 g/mol. The normalized spacial score (nSPS) is 18.4. The lowest BCUT2D eigenvalue weighted by Crippen LogP contribution is -2.39. The van der Waals surface area contributed by atoms with E-state index < -0.39 is 0 Å². The van der Waals surface area contributed by atoms with Crippen molar-refractivity contribution in [2.75, 3.05) is 6.54 Å². The fraction of sp³-hybridized carbons (Fsp3) is 0.529. The molecule has 0 bridgehead atoms. The summed E-state index contributed by atoms with van der Waals surface area (Å²) in [4.78, 5) is 23.6. The van der Waals surface area contributed by atoms with E-state index in [0.717, 1.165) is 42.2 Å². The Morgan fingerprint density at radius 3 is 2.74 bits per heavy atom. The van der Waals surface area contributed by atoms with Gasteiger partial charge in [-0.25, -0.2) is 4.98 Å². The molecule has 2 aromatic heterocycles. The molecule has 3 rings (SSSR count). The van der Waals surface area contributed by atoms with Gasteiger partial charge in [0.25, 0.3) is 0 Å². The van der Waals surface area contributed by atoms with Crippen LogP contribution in [0.4, 0.5) is 0 Å². The third-order valence-electron chi connectivity index (χ3n) is 4.12. The molecule has 6 nitrogen and oxygen atoms in total. The molecule has 6 heteroatoms. The molecular formula is C17H23N5O. The molecule has 0 unspecified atom stereocenters. The smallest absolute Gasteiger partial charge is 0.228 e. The van der Waals surface area contributed by atoms with Crippen LogP contribution in [0.2, 0.25) is 0 Å². The van der Waals surface area contributed by atoms with Crippen molar-refractivity contribution in [1.82, 2.24) is 25.1 Å². The molecule has 2 aromatic rings. The zero-order valence-electron chi connectivity index (χ0n) is 14.1. The predicted octanol–water partition coefficient (Wildman–Crippen LogP) is 2.88. The molecule has 1 amide bonds. The molecule has 0 aromatic carbocycles. The number of aryl methyl sites for hydroxylation is 1. The largest absolute Gasteiger partial charge is 0.334 e. The van der Waals surface area contributed by atoms with Crippen LogP contribution in [-0.4, -0.2) is 37.5 Å². The van der Waals surface area contributed by atoms with E-state index in [0.29, 0.717) is 0 Å².